The Morgan fingerprint density at radius 2 is 2.17 bits per heavy atom. The second-order valence-electron chi connectivity index (χ2n) is 5.25. The monoisotopic (exact) mass is 246 g/mol. The zero-order valence-electron chi connectivity index (χ0n) is 11.0. The minimum atomic E-state index is -0.202. The lowest BCUT2D eigenvalue weighted by molar-refractivity contribution is -0.121. The van der Waals surface area contributed by atoms with Crippen molar-refractivity contribution in [3.63, 3.8) is 0 Å². The van der Waals surface area contributed by atoms with Gasteiger partial charge in [0.05, 0.1) is 0 Å². The van der Waals surface area contributed by atoms with Crippen molar-refractivity contribution in [2.75, 3.05) is 6.54 Å². The van der Waals surface area contributed by atoms with Crippen LogP contribution in [0.25, 0.3) is 0 Å². The molecule has 0 aliphatic heterocycles. The van der Waals surface area contributed by atoms with E-state index in [2.05, 4.69) is 5.32 Å². The van der Waals surface area contributed by atoms with Crippen LogP contribution in [0.3, 0.4) is 0 Å². The Kier molecular flexibility index (Phi) is 4.37. The first-order valence-electron chi connectivity index (χ1n) is 6.74. The molecule has 1 atom stereocenters. The van der Waals surface area contributed by atoms with Crippen LogP contribution in [0.2, 0.25) is 0 Å². The number of hydrogen-bond acceptors (Lipinski definition) is 2. The van der Waals surface area contributed by atoms with Gasteiger partial charge in [-0.2, -0.15) is 0 Å². The van der Waals surface area contributed by atoms with Gasteiger partial charge in [0, 0.05) is 19.0 Å². The molecule has 18 heavy (non-hydrogen) atoms. The fourth-order valence-electron chi connectivity index (χ4n) is 2.21. The van der Waals surface area contributed by atoms with Crippen molar-refractivity contribution in [1.82, 2.24) is 5.32 Å². The molecule has 0 bridgehead atoms. The van der Waals surface area contributed by atoms with E-state index in [4.69, 9.17) is 5.73 Å². The van der Waals surface area contributed by atoms with E-state index in [9.17, 15) is 4.79 Å². The fourth-order valence-corrected chi connectivity index (χ4v) is 2.21. The molecule has 1 saturated carbocycles. The largest absolute Gasteiger partial charge is 0.356 e. The molecule has 0 heterocycles. The first-order valence-corrected chi connectivity index (χ1v) is 6.74. The van der Waals surface area contributed by atoms with Crippen LogP contribution in [-0.2, 0) is 4.79 Å². The van der Waals surface area contributed by atoms with Gasteiger partial charge in [0.2, 0.25) is 5.91 Å². The molecule has 0 spiro atoms. The minimum absolute atomic E-state index is 0.0615. The Morgan fingerprint density at radius 3 is 2.83 bits per heavy atom. The normalized spacial score (nSPS) is 16.3. The summed E-state index contributed by atoms with van der Waals surface area (Å²) in [4.78, 5) is 11.7. The number of carbonyl (C=O) groups excluding carboxylic acids is 1. The van der Waals surface area contributed by atoms with E-state index < -0.39 is 0 Å². The topological polar surface area (TPSA) is 55.1 Å². The lowest BCUT2D eigenvalue weighted by Crippen LogP contribution is -2.28. The molecule has 0 radical (unpaired) electrons. The highest BCUT2D eigenvalue weighted by Crippen LogP contribution is 2.31. The molecular formula is C15H22N2O. The molecule has 1 fully saturated rings. The summed E-state index contributed by atoms with van der Waals surface area (Å²) in [6.45, 7) is 2.82. The van der Waals surface area contributed by atoms with Gasteiger partial charge in [0.25, 0.3) is 0 Å². The first-order chi connectivity index (χ1) is 8.66. The van der Waals surface area contributed by atoms with Crippen molar-refractivity contribution in [3.05, 3.63) is 35.4 Å². The lowest BCUT2D eigenvalue weighted by atomic mass is 9.99. The maximum Gasteiger partial charge on any atom is 0.221 e. The predicted molar refractivity (Wildman–Crippen MR) is 73.1 cm³/mol. The number of nitrogens with one attached hydrogen (secondary N) is 1. The zero-order chi connectivity index (χ0) is 13.0. The number of hydrogen-bond donors (Lipinski definition) is 2. The summed E-state index contributed by atoms with van der Waals surface area (Å²) in [7, 11) is 0. The van der Waals surface area contributed by atoms with Gasteiger partial charge < -0.3 is 11.1 Å². The zero-order valence-corrected chi connectivity index (χ0v) is 11.0. The Hall–Kier alpha value is -1.35. The van der Waals surface area contributed by atoms with Crippen LogP contribution < -0.4 is 11.1 Å². The molecule has 0 aromatic heterocycles. The predicted octanol–water partition coefficient (Wildman–Crippen LogP) is 2.30. The summed E-state index contributed by atoms with van der Waals surface area (Å²) in [5.41, 5.74) is 8.29. The third-order valence-electron chi connectivity index (χ3n) is 3.56. The molecule has 3 heteroatoms. The highest BCUT2D eigenvalue weighted by molar-refractivity contribution is 5.76. The Morgan fingerprint density at radius 1 is 1.44 bits per heavy atom. The quantitative estimate of drug-likeness (QED) is 0.809. The Balaban J connectivity index is 1.77. The molecular weight excluding hydrogens is 224 g/mol. The van der Waals surface area contributed by atoms with Crippen molar-refractivity contribution in [3.8, 4) is 0 Å². The standard InChI is InChI=1S/C15H22N2O/c1-11-4-2-3-5-13(11)14(16)10-15(18)17-9-8-12-6-7-12/h2-5,12,14H,6-10,16H2,1H3,(H,17,18)/t14-/m0/s1. The van der Waals surface area contributed by atoms with E-state index in [1.54, 1.807) is 0 Å². The van der Waals surface area contributed by atoms with E-state index in [-0.39, 0.29) is 11.9 Å². The third kappa shape index (κ3) is 3.84. The molecule has 0 unspecified atom stereocenters. The summed E-state index contributed by atoms with van der Waals surface area (Å²) in [6, 6.07) is 7.78. The van der Waals surface area contributed by atoms with Crippen molar-refractivity contribution < 1.29 is 4.79 Å². The van der Waals surface area contributed by atoms with Crippen molar-refractivity contribution in [2.45, 2.75) is 38.6 Å². The number of carbonyl (C=O) groups is 1. The van der Waals surface area contributed by atoms with Crippen LogP contribution in [0.5, 0.6) is 0 Å². The second-order valence-corrected chi connectivity index (χ2v) is 5.25. The molecule has 1 aromatic carbocycles. The van der Waals surface area contributed by atoms with Crippen molar-refractivity contribution >= 4 is 5.91 Å². The molecule has 1 aliphatic carbocycles. The van der Waals surface area contributed by atoms with E-state index in [0.29, 0.717) is 6.42 Å². The van der Waals surface area contributed by atoms with Crippen LogP contribution in [0, 0.1) is 12.8 Å². The summed E-state index contributed by atoms with van der Waals surface area (Å²) < 4.78 is 0. The van der Waals surface area contributed by atoms with Gasteiger partial charge in [-0.25, -0.2) is 0 Å². The van der Waals surface area contributed by atoms with Crippen LogP contribution in [0.4, 0.5) is 0 Å². The highest BCUT2D eigenvalue weighted by Gasteiger charge is 2.21. The lowest BCUT2D eigenvalue weighted by Gasteiger charge is -2.14. The Labute approximate surface area is 109 Å². The van der Waals surface area contributed by atoms with Gasteiger partial charge in [-0.05, 0) is 30.4 Å². The molecule has 0 saturated heterocycles. The molecule has 3 nitrogen and oxygen atoms in total. The van der Waals surface area contributed by atoms with Crippen molar-refractivity contribution in [1.29, 1.82) is 0 Å². The van der Waals surface area contributed by atoms with Gasteiger partial charge in [-0.15, -0.1) is 0 Å². The van der Waals surface area contributed by atoms with Crippen LogP contribution in [0.15, 0.2) is 24.3 Å². The van der Waals surface area contributed by atoms with Crippen LogP contribution >= 0.6 is 0 Å². The van der Waals surface area contributed by atoms with Crippen molar-refractivity contribution in [2.24, 2.45) is 11.7 Å². The number of nitrogens with two attached hydrogens (primary N) is 1. The summed E-state index contributed by atoms with van der Waals surface area (Å²) in [6.07, 6.45) is 4.15. The number of aryl methyl sites for hydroxylation is 1. The number of amides is 1. The van der Waals surface area contributed by atoms with E-state index in [0.717, 1.165) is 30.0 Å². The molecule has 98 valence electrons. The molecule has 1 aliphatic rings. The summed E-state index contributed by atoms with van der Waals surface area (Å²) in [5, 5.41) is 2.96. The molecule has 1 amide bonds. The number of rotatable bonds is 6. The fraction of sp³-hybridized carbons (Fsp3) is 0.533. The van der Waals surface area contributed by atoms with Gasteiger partial charge in [-0.1, -0.05) is 37.1 Å². The smallest absolute Gasteiger partial charge is 0.221 e. The van der Waals surface area contributed by atoms with Gasteiger partial charge in [0.15, 0.2) is 0 Å². The highest BCUT2D eigenvalue weighted by atomic mass is 16.1. The first kappa shape index (κ1) is 13.1. The van der Waals surface area contributed by atoms with Gasteiger partial charge >= 0.3 is 0 Å². The van der Waals surface area contributed by atoms with E-state index in [1.165, 1.54) is 12.8 Å². The van der Waals surface area contributed by atoms with Crippen LogP contribution in [0.1, 0.15) is 42.9 Å². The van der Waals surface area contributed by atoms with Crippen LogP contribution in [-0.4, -0.2) is 12.5 Å². The third-order valence-corrected chi connectivity index (χ3v) is 3.56. The summed E-state index contributed by atoms with van der Waals surface area (Å²) in [5.74, 6) is 0.918. The van der Waals surface area contributed by atoms with E-state index >= 15 is 0 Å². The maximum absolute atomic E-state index is 11.7. The maximum atomic E-state index is 11.7. The molecule has 2 rings (SSSR count). The average molecular weight is 246 g/mol. The molecule has 3 N–H and O–H groups in total. The Bertz CT molecular complexity index is 413. The van der Waals surface area contributed by atoms with Gasteiger partial charge in [-0.3, -0.25) is 4.79 Å². The van der Waals surface area contributed by atoms with Gasteiger partial charge in [0.1, 0.15) is 0 Å². The minimum Gasteiger partial charge on any atom is -0.356 e. The SMILES string of the molecule is Cc1ccccc1[C@@H](N)CC(=O)NCCC1CC1. The van der Waals surface area contributed by atoms with E-state index in [1.807, 2.05) is 31.2 Å². The molecule has 1 aromatic rings. The second kappa shape index (κ2) is 6.01. The average Bonchev–Trinajstić information content (AvgIpc) is 3.13. The summed E-state index contributed by atoms with van der Waals surface area (Å²) >= 11 is 0. The number of benzene rings is 1.